The molecule has 31 heavy (non-hydrogen) atoms. The first-order valence-electron chi connectivity index (χ1n) is 10.6. The highest BCUT2D eigenvalue weighted by molar-refractivity contribution is 7.89. The highest BCUT2D eigenvalue weighted by Crippen LogP contribution is 2.70. The van der Waals surface area contributed by atoms with Crippen LogP contribution in [-0.2, 0) is 15.4 Å². The van der Waals surface area contributed by atoms with E-state index in [2.05, 4.69) is 30.3 Å². The zero-order valence-electron chi connectivity index (χ0n) is 17.2. The van der Waals surface area contributed by atoms with Crippen molar-refractivity contribution in [3.8, 4) is 0 Å². The third-order valence-corrected chi connectivity index (χ3v) is 8.88. The summed E-state index contributed by atoms with van der Waals surface area (Å²) in [6.45, 7) is 2.91. The number of hydrogen-bond acceptors (Lipinski definition) is 3. The molecule has 0 amide bonds. The van der Waals surface area contributed by atoms with E-state index in [1.807, 2.05) is 49.4 Å². The number of rotatable bonds is 4. The van der Waals surface area contributed by atoms with E-state index in [1.54, 1.807) is 16.4 Å². The van der Waals surface area contributed by atoms with Crippen molar-refractivity contribution in [1.29, 1.82) is 0 Å². The zero-order valence-corrected chi connectivity index (χ0v) is 18.0. The number of furan rings is 1. The standard InChI is InChI=1S/C26H23NO3S/c1-18-11-13-21(14-12-18)31(28,29)27-16-22-25(19-7-3-2-4-8-19)26(22,17-27)24-15-20-9-5-6-10-23(20)30-24/h2-15,22,25H,16-17H2,1H3. The normalized spacial score (nSPS) is 25.6. The lowest BCUT2D eigenvalue weighted by molar-refractivity contribution is 0.397. The van der Waals surface area contributed by atoms with Crippen molar-refractivity contribution in [2.24, 2.45) is 5.92 Å². The highest BCUT2D eigenvalue weighted by Gasteiger charge is 2.73. The molecule has 1 aliphatic carbocycles. The van der Waals surface area contributed by atoms with Crippen molar-refractivity contribution in [2.45, 2.75) is 23.2 Å². The number of aryl methyl sites for hydroxylation is 1. The van der Waals surface area contributed by atoms with Crippen LogP contribution in [0.25, 0.3) is 11.0 Å². The Hall–Kier alpha value is -2.89. The molecule has 2 fully saturated rings. The Morgan fingerprint density at radius 3 is 2.39 bits per heavy atom. The predicted molar refractivity (Wildman–Crippen MR) is 121 cm³/mol. The summed E-state index contributed by atoms with van der Waals surface area (Å²) in [4.78, 5) is 0.357. The third kappa shape index (κ3) is 2.73. The lowest BCUT2D eigenvalue weighted by Crippen LogP contribution is -2.34. The topological polar surface area (TPSA) is 50.5 Å². The molecule has 3 atom stereocenters. The first kappa shape index (κ1) is 18.8. The molecule has 2 heterocycles. The van der Waals surface area contributed by atoms with Gasteiger partial charge in [0, 0.05) is 24.4 Å². The summed E-state index contributed by atoms with van der Waals surface area (Å²) in [5, 5.41) is 1.06. The summed E-state index contributed by atoms with van der Waals surface area (Å²) in [5.41, 5.74) is 2.83. The Morgan fingerprint density at radius 1 is 0.935 bits per heavy atom. The van der Waals surface area contributed by atoms with Crippen LogP contribution in [0.2, 0.25) is 0 Å². The van der Waals surface area contributed by atoms with Crippen molar-refractivity contribution >= 4 is 21.0 Å². The molecule has 4 aromatic rings. The lowest BCUT2D eigenvalue weighted by Gasteiger charge is -2.23. The summed E-state index contributed by atoms with van der Waals surface area (Å²) >= 11 is 0. The van der Waals surface area contributed by atoms with Gasteiger partial charge in [-0.2, -0.15) is 4.31 Å². The molecule has 3 unspecified atom stereocenters. The second-order valence-corrected chi connectivity index (χ2v) is 10.7. The molecular weight excluding hydrogens is 406 g/mol. The first-order chi connectivity index (χ1) is 15.0. The second kappa shape index (κ2) is 6.55. The van der Waals surface area contributed by atoms with Crippen LogP contribution < -0.4 is 0 Å². The summed E-state index contributed by atoms with van der Waals surface area (Å²) in [7, 11) is -3.55. The van der Waals surface area contributed by atoms with E-state index in [9.17, 15) is 8.42 Å². The van der Waals surface area contributed by atoms with E-state index in [0.29, 0.717) is 18.0 Å². The Kier molecular flexibility index (Phi) is 3.98. The molecule has 1 aromatic heterocycles. The molecule has 1 saturated heterocycles. The minimum absolute atomic E-state index is 0.204. The van der Waals surface area contributed by atoms with Gasteiger partial charge in [0.15, 0.2) is 0 Å². The van der Waals surface area contributed by atoms with Crippen LogP contribution in [0.3, 0.4) is 0 Å². The van der Waals surface area contributed by atoms with E-state index < -0.39 is 10.0 Å². The van der Waals surface area contributed by atoms with E-state index >= 15 is 0 Å². The van der Waals surface area contributed by atoms with Gasteiger partial charge in [-0.05, 0) is 42.7 Å². The van der Waals surface area contributed by atoms with Gasteiger partial charge in [0.1, 0.15) is 11.3 Å². The van der Waals surface area contributed by atoms with Gasteiger partial charge < -0.3 is 4.42 Å². The van der Waals surface area contributed by atoms with Gasteiger partial charge in [-0.3, -0.25) is 0 Å². The third-order valence-electron chi connectivity index (χ3n) is 7.05. The van der Waals surface area contributed by atoms with Gasteiger partial charge in [0.2, 0.25) is 10.0 Å². The van der Waals surface area contributed by atoms with Crippen molar-refractivity contribution in [3.05, 3.63) is 102 Å². The molecule has 1 aliphatic heterocycles. The van der Waals surface area contributed by atoms with Crippen LogP contribution in [0.15, 0.2) is 94.2 Å². The van der Waals surface area contributed by atoms with Gasteiger partial charge in [0.05, 0.1) is 10.3 Å². The molecule has 2 aliphatic rings. The SMILES string of the molecule is Cc1ccc(S(=O)(=O)N2CC3C(c4ccccc4)C3(c3cc4ccccc4o3)C2)cc1. The Balaban J connectivity index is 1.42. The van der Waals surface area contributed by atoms with E-state index in [1.165, 1.54) is 5.56 Å². The number of benzene rings is 3. The quantitative estimate of drug-likeness (QED) is 0.454. The fourth-order valence-electron chi connectivity index (χ4n) is 5.44. The molecule has 6 rings (SSSR count). The fraction of sp³-hybridized carbons (Fsp3) is 0.231. The minimum Gasteiger partial charge on any atom is -0.460 e. The number of para-hydroxylation sites is 1. The molecule has 0 bridgehead atoms. The van der Waals surface area contributed by atoms with E-state index in [4.69, 9.17) is 4.42 Å². The Labute approximate surface area is 182 Å². The molecule has 0 N–H and O–H groups in total. The summed E-state index contributed by atoms with van der Waals surface area (Å²) in [5.74, 6) is 1.36. The number of nitrogens with zero attached hydrogens (tertiary/aromatic N) is 1. The smallest absolute Gasteiger partial charge is 0.243 e. The van der Waals surface area contributed by atoms with Crippen molar-refractivity contribution in [1.82, 2.24) is 4.31 Å². The van der Waals surface area contributed by atoms with E-state index in [-0.39, 0.29) is 17.3 Å². The average molecular weight is 430 g/mol. The number of piperidine rings is 1. The number of sulfonamides is 1. The molecule has 3 aromatic carbocycles. The molecule has 0 spiro atoms. The maximum atomic E-state index is 13.4. The van der Waals surface area contributed by atoms with Crippen molar-refractivity contribution < 1.29 is 12.8 Å². The minimum atomic E-state index is -3.55. The molecular formula is C26H23NO3S. The van der Waals surface area contributed by atoms with Crippen LogP contribution in [0.4, 0.5) is 0 Å². The van der Waals surface area contributed by atoms with Crippen molar-refractivity contribution in [2.75, 3.05) is 13.1 Å². The van der Waals surface area contributed by atoms with Crippen LogP contribution in [0.5, 0.6) is 0 Å². The van der Waals surface area contributed by atoms with Crippen LogP contribution in [0, 0.1) is 12.8 Å². The molecule has 156 valence electrons. The molecule has 5 heteroatoms. The van der Waals surface area contributed by atoms with Gasteiger partial charge in [-0.25, -0.2) is 8.42 Å². The number of hydrogen-bond donors (Lipinski definition) is 0. The van der Waals surface area contributed by atoms with Crippen LogP contribution >= 0.6 is 0 Å². The summed E-state index contributed by atoms with van der Waals surface area (Å²) in [6.07, 6.45) is 0. The average Bonchev–Trinajstić information content (AvgIpc) is 3.09. The highest BCUT2D eigenvalue weighted by atomic mass is 32.2. The zero-order chi connectivity index (χ0) is 21.2. The van der Waals surface area contributed by atoms with Gasteiger partial charge in [0.25, 0.3) is 0 Å². The van der Waals surface area contributed by atoms with Gasteiger partial charge in [-0.15, -0.1) is 0 Å². The lowest BCUT2D eigenvalue weighted by atomic mass is 9.96. The van der Waals surface area contributed by atoms with Crippen LogP contribution in [0.1, 0.15) is 22.8 Å². The summed E-state index contributed by atoms with van der Waals surface area (Å²) in [6, 6.07) is 27.6. The molecule has 0 radical (unpaired) electrons. The summed E-state index contributed by atoms with van der Waals surface area (Å²) < 4.78 is 34.7. The van der Waals surface area contributed by atoms with Crippen LogP contribution in [-0.4, -0.2) is 25.8 Å². The van der Waals surface area contributed by atoms with E-state index in [0.717, 1.165) is 22.3 Å². The largest absolute Gasteiger partial charge is 0.460 e. The van der Waals surface area contributed by atoms with Crippen molar-refractivity contribution in [3.63, 3.8) is 0 Å². The maximum absolute atomic E-state index is 13.4. The molecule has 1 saturated carbocycles. The van der Waals surface area contributed by atoms with Gasteiger partial charge in [-0.1, -0.05) is 66.2 Å². The Bertz CT molecular complexity index is 1340. The predicted octanol–water partition coefficient (Wildman–Crippen LogP) is 5.10. The first-order valence-corrected chi connectivity index (χ1v) is 12.0. The maximum Gasteiger partial charge on any atom is 0.243 e. The molecule has 4 nitrogen and oxygen atoms in total. The second-order valence-electron chi connectivity index (χ2n) is 8.79. The monoisotopic (exact) mass is 429 g/mol. The van der Waals surface area contributed by atoms with Gasteiger partial charge >= 0.3 is 0 Å². The Morgan fingerprint density at radius 2 is 1.65 bits per heavy atom. The number of fused-ring (bicyclic) bond motifs is 2. The fourth-order valence-corrected chi connectivity index (χ4v) is 6.95.